The van der Waals surface area contributed by atoms with E-state index in [1.807, 2.05) is 12.1 Å². The number of nitrogens with one attached hydrogen (secondary N) is 3. The van der Waals surface area contributed by atoms with Crippen molar-refractivity contribution in [2.75, 3.05) is 15.5 Å². The minimum Gasteiger partial charge on any atom is -0.322 e. The molecule has 3 N–H and O–H groups in total. The highest BCUT2D eigenvalue weighted by Gasteiger charge is 2.37. The fourth-order valence-electron chi connectivity index (χ4n) is 3.13. The van der Waals surface area contributed by atoms with Crippen molar-refractivity contribution in [3.63, 3.8) is 0 Å². The highest BCUT2D eigenvalue weighted by Crippen LogP contribution is 2.34. The Hall–Kier alpha value is -4.13. The molecule has 29 heavy (non-hydrogen) atoms. The van der Waals surface area contributed by atoms with Gasteiger partial charge in [0.25, 0.3) is 11.8 Å². The molecule has 0 aliphatic carbocycles. The zero-order valence-electron chi connectivity index (χ0n) is 15.3. The number of amides is 4. The molecule has 0 bridgehead atoms. The van der Waals surface area contributed by atoms with Gasteiger partial charge in [0.05, 0.1) is 11.4 Å². The Kier molecular flexibility index (Phi) is 4.94. The normalized spacial score (nSPS) is 15.7. The Labute approximate surface area is 167 Å². The van der Waals surface area contributed by atoms with E-state index in [1.165, 1.54) is 4.90 Å². The number of nitrogens with zero attached hydrogens (tertiary/aromatic N) is 1. The molecule has 1 atom stereocenters. The van der Waals surface area contributed by atoms with Crippen LogP contribution in [0.2, 0.25) is 0 Å². The maximum Gasteiger partial charge on any atom is 0.320 e. The molecule has 0 spiro atoms. The number of carbonyl (C=O) groups is 3. The third-order valence-corrected chi connectivity index (χ3v) is 4.45. The third-order valence-electron chi connectivity index (χ3n) is 4.45. The van der Waals surface area contributed by atoms with E-state index >= 15 is 0 Å². The Morgan fingerprint density at radius 3 is 2.17 bits per heavy atom. The molecule has 1 unspecified atom stereocenters. The van der Waals surface area contributed by atoms with Crippen molar-refractivity contribution in [2.45, 2.75) is 6.04 Å². The van der Waals surface area contributed by atoms with Crippen molar-refractivity contribution in [1.29, 1.82) is 0 Å². The first-order chi connectivity index (χ1) is 14.1. The van der Waals surface area contributed by atoms with Gasteiger partial charge in [-0.1, -0.05) is 48.5 Å². The highest BCUT2D eigenvalue weighted by molar-refractivity contribution is 6.23. The first kappa shape index (κ1) is 18.2. The van der Waals surface area contributed by atoms with Crippen LogP contribution in [-0.4, -0.2) is 23.9 Å². The van der Waals surface area contributed by atoms with E-state index in [2.05, 4.69) is 16.0 Å². The summed E-state index contributed by atoms with van der Waals surface area (Å²) in [6, 6.07) is 22.7. The first-order valence-electron chi connectivity index (χ1n) is 9.05. The van der Waals surface area contributed by atoms with Crippen LogP contribution in [0.25, 0.3) is 0 Å². The summed E-state index contributed by atoms with van der Waals surface area (Å²) in [6.45, 7) is 0. The summed E-state index contributed by atoms with van der Waals surface area (Å²) in [7, 11) is 0. The van der Waals surface area contributed by atoms with Gasteiger partial charge in [0.1, 0.15) is 0 Å². The Morgan fingerprint density at radius 1 is 0.828 bits per heavy atom. The Morgan fingerprint density at radius 2 is 1.45 bits per heavy atom. The maximum atomic E-state index is 13.3. The van der Waals surface area contributed by atoms with Gasteiger partial charge in [-0.25, -0.2) is 4.79 Å². The van der Waals surface area contributed by atoms with Crippen LogP contribution >= 0.6 is 0 Å². The molecule has 7 nitrogen and oxygen atoms in total. The van der Waals surface area contributed by atoms with Gasteiger partial charge in [-0.3, -0.25) is 14.5 Å². The number of para-hydroxylation sites is 4. The second-order valence-corrected chi connectivity index (χ2v) is 6.41. The zero-order chi connectivity index (χ0) is 20.2. The summed E-state index contributed by atoms with van der Waals surface area (Å²) in [5.74, 6) is -1.16. The second-order valence-electron chi connectivity index (χ2n) is 6.41. The van der Waals surface area contributed by atoms with Gasteiger partial charge in [-0.2, -0.15) is 0 Å². The molecule has 3 aromatic rings. The number of anilines is 4. The van der Waals surface area contributed by atoms with Gasteiger partial charge >= 0.3 is 6.03 Å². The van der Waals surface area contributed by atoms with Crippen LogP contribution < -0.4 is 20.9 Å². The average molecular weight is 386 g/mol. The molecule has 0 saturated carbocycles. The van der Waals surface area contributed by atoms with Gasteiger partial charge in [-0.15, -0.1) is 0 Å². The van der Waals surface area contributed by atoms with Crippen LogP contribution in [0.15, 0.2) is 84.9 Å². The lowest BCUT2D eigenvalue weighted by Crippen LogP contribution is -2.53. The first-order valence-corrected chi connectivity index (χ1v) is 9.05. The number of carbonyl (C=O) groups excluding carboxylic acids is 3. The summed E-state index contributed by atoms with van der Waals surface area (Å²) < 4.78 is 0. The molecule has 144 valence electrons. The lowest BCUT2D eigenvalue weighted by molar-refractivity contribution is -0.127. The van der Waals surface area contributed by atoms with E-state index in [0.717, 1.165) is 0 Å². The standard InChI is InChI=1S/C22H18N4O3/c27-20-19(25-22(29)23-15-9-3-1-4-10-15)21(28)26(16-11-5-2-6-12-16)18-14-8-7-13-17(18)24-20/h1-14,19H,(H,24,27)(H2,23,25,29). The summed E-state index contributed by atoms with van der Waals surface area (Å²) in [6.07, 6.45) is 0. The van der Waals surface area contributed by atoms with E-state index in [9.17, 15) is 14.4 Å². The van der Waals surface area contributed by atoms with Crippen molar-refractivity contribution in [3.05, 3.63) is 84.9 Å². The predicted molar refractivity (Wildman–Crippen MR) is 111 cm³/mol. The number of urea groups is 1. The average Bonchev–Trinajstić information content (AvgIpc) is 2.84. The summed E-state index contributed by atoms with van der Waals surface area (Å²) >= 11 is 0. The van der Waals surface area contributed by atoms with Gasteiger partial charge < -0.3 is 16.0 Å². The molecule has 4 rings (SSSR count). The van der Waals surface area contributed by atoms with Gasteiger partial charge in [0.2, 0.25) is 0 Å². The van der Waals surface area contributed by atoms with Crippen LogP contribution in [0.3, 0.4) is 0 Å². The molecule has 0 saturated heterocycles. The van der Waals surface area contributed by atoms with Gasteiger partial charge in [0, 0.05) is 11.4 Å². The lowest BCUT2D eigenvalue weighted by Gasteiger charge is -2.25. The van der Waals surface area contributed by atoms with E-state index < -0.39 is 23.9 Å². The fraction of sp³-hybridized carbons (Fsp3) is 0.0455. The number of rotatable bonds is 3. The molecule has 4 amide bonds. The molecule has 1 aliphatic heterocycles. The summed E-state index contributed by atoms with van der Waals surface area (Å²) in [4.78, 5) is 39.9. The molecule has 7 heteroatoms. The number of benzene rings is 3. The van der Waals surface area contributed by atoms with Gasteiger partial charge in [-0.05, 0) is 36.4 Å². The summed E-state index contributed by atoms with van der Waals surface area (Å²) in [5, 5.41) is 7.84. The molecule has 1 heterocycles. The second kappa shape index (κ2) is 7.85. The number of hydrogen-bond acceptors (Lipinski definition) is 3. The molecular weight excluding hydrogens is 368 g/mol. The summed E-state index contributed by atoms with van der Waals surface area (Å²) in [5.41, 5.74) is 2.17. The smallest absolute Gasteiger partial charge is 0.320 e. The molecule has 0 fully saturated rings. The van der Waals surface area contributed by atoms with E-state index in [4.69, 9.17) is 0 Å². The van der Waals surface area contributed by atoms with Crippen LogP contribution in [0.1, 0.15) is 0 Å². The van der Waals surface area contributed by atoms with Crippen LogP contribution in [0, 0.1) is 0 Å². The van der Waals surface area contributed by atoms with Crippen molar-refractivity contribution >= 4 is 40.6 Å². The maximum absolute atomic E-state index is 13.3. The minimum absolute atomic E-state index is 0.488. The SMILES string of the molecule is O=C(Nc1ccccc1)NC1C(=O)Nc2ccccc2N(c2ccccc2)C1=O. The number of hydrogen-bond donors (Lipinski definition) is 3. The van der Waals surface area contributed by atoms with Crippen molar-refractivity contribution in [1.82, 2.24) is 5.32 Å². The predicted octanol–water partition coefficient (Wildman–Crippen LogP) is 3.49. The van der Waals surface area contributed by atoms with Crippen molar-refractivity contribution in [3.8, 4) is 0 Å². The third kappa shape index (κ3) is 3.79. The van der Waals surface area contributed by atoms with Crippen LogP contribution in [-0.2, 0) is 9.59 Å². The molecule has 3 aromatic carbocycles. The molecule has 0 aromatic heterocycles. The van der Waals surface area contributed by atoms with Gasteiger partial charge in [0.15, 0.2) is 6.04 Å². The molecular formula is C22H18N4O3. The highest BCUT2D eigenvalue weighted by atomic mass is 16.2. The van der Waals surface area contributed by atoms with Crippen molar-refractivity contribution in [2.24, 2.45) is 0 Å². The molecule has 1 aliphatic rings. The zero-order valence-corrected chi connectivity index (χ0v) is 15.3. The Balaban J connectivity index is 1.66. The Bertz CT molecular complexity index is 1050. The van der Waals surface area contributed by atoms with Crippen molar-refractivity contribution < 1.29 is 14.4 Å². The quantitative estimate of drug-likeness (QED) is 0.602. The van der Waals surface area contributed by atoms with E-state index in [0.29, 0.717) is 22.7 Å². The number of fused-ring (bicyclic) bond motifs is 1. The van der Waals surface area contributed by atoms with Crippen LogP contribution in [0.4, 0.5) is 27.5 Å². The lowest BCUT2D eigenvalue weighted by atomic mass is 10.2. The largest absolute Gasteiger partial charge is 0.322 e. The monoisotopic (exact) mass is 386 g/mol. The van der Waals surface area contributed by atoms with E-state index in [-0.39, 0.29) is 0 Å². The topological polar surface area (TPSA) is 90.5 Å². The van der Waals surface area contributed by atoms with E-state index in [1.54, 1.807) is 72.8 Å². The molecule has 0 radical (unpaired) electrons. The minimum atomic E-state index is -1.40. The van der Waals surface area contributed by atoms with Crippen LogP contribution in [0.5, 0.6) is 0 Å². The fourth-order valence-corrected chi connectivity index (χ4v) is 3.13.